The topological polar surface area (TPSA) is 114 Å². The molecule has 0 aliphatic carbocycles. The molecule has 2 N–H and O–H groups in total. The smallest absolute Gasteiger partial charge is 0.189 e. The van der Waals surface area contributed by atoms with Crippen LogP contribution < -0.4 is 4.74 Å². The van der Waals surface area contributed by atoms with Gasteiger partial charge in [0.2, 0.25) is 0 Å². The minimum atomic E-state index is -0.349. The molecule has 0 saturated heterocycles. The molecule has 0 atom stereocenters. The number of pyridine rings is 1. The second kappa shape index (κ2) is 9.33. The lowest BCUT2D eigenvalue weighted by molar-refractivity contribution is 0.104. The number of hydrogen-bond donors (Lipinski definition) is 2. The van der Waals surface area contributed by atoms with Crippen LogP contribution in [0.5, 0.6) is 11.5 Å². The number of nitrogens with one attached hydrogen (secondary N) is 1. The second-order valence-electron chi connectivity index (χ2n) is 7.54. The van der Waals surface area contributed by atoms with Gasteiger partial charge in [0, 0.05) is 10.9 Å². The number of aromatic hydroxyl groups is 1. The highest BCUT2D eigenvalue weighted by Crippen LogP contribution is 2.25. The molecule has 5 rings (SSSR count). The molecule has 8 nitrogen and oxygen atoms in total. The van der Waals surface area contributed by atoms with Gasteiger partial charge in [0.15, 0.2) is 11.6 Å². The van der Waals surface area contributed by atoms with E-state index in [4.69, 9.17) is 4.74 Å². The summed E-state index contributed by atoms with van der Waals surface area (Å²) in [6.07, 6.45) is 3.08. The first-order valence-corrected chi connectivity index (χ1v) is 10.5. The van der Waals surface area contributed by atoms with Gasteiger partial charge in [-0.2, -0.15) is 0 Å². The normalized spacial score (nSPS) is 11.2. The van der Waals surface area contributed by atoms with Crippen molar-refractivity contribution in [2.75, 3.05) is 0 Å². The summed E-state index contributed by atoms with van der Waals surface area (Å²) in [6.45, 7) is 0.327. The minimum Gasteiger partial charge on any atom is -0.507 e. The van der Waals surface area contributed by atoms with Gasteiger partial charge >= 0.3 is 0 Å². The predicted molar refractivity (Wildman–Crippen MR) is 127 cm³/mol. The lowest BCUT2D eigenvalue weighted by Gasteiger charge is -2.07. The van der Waals surface area contributed by atoms with E-state index >= 15 is 0 Å². The van der Waals surface area contributed by atoms with Crippen LogP contribution >= 0.6 is 0 Å². The summed E-state index contributed by atoms with van der Waals surface area (Å²) in [4.78, 5) is 17.3. The van der Waals surface area contributed by atoms with Crippen LogP contribution in [0.1, 0.15) is 21.6 Å². The van der Waals surface area contributed by atoms with Crippen molar-refractivity contribution >= 4 is 22.8 Å². The summed E-state index contributed by atoms with van der Waals surface area (Å²) in [5.41, 5.74) is 3.28. The van der Waals surface area contributed by atoms with E-state index in [2.05, 4.69) is 25.6 Å². The number of aromatic nitrogens is 5. The van der Waals surface area contributed by atoms with Crippen molar-refractivity contribution < 1.29 is 14.6 Å². The van der Waals surface area contributed by atoms with Crippen molar-refractivity contribution in [3.8, 4) is 22.9 Å². The fraction of sp³-hybridized carbons (Fsp3) is 0.0385. The van der Waals surface area contributed by atoms with Gasteiger partial charge in [0.25, 0.3) is 0 Å². The molecule has 0 spiro atoms. The largest absolute Gasteiger partial charge is 0.507 e. The van der Waals surface area contributed by atoms with Crippen molar-refractivity contribution in [1.82, 2.24) is 25.6 Å². The number of H-pyrrole nitrogens is 1. The molecule has 2 heterocycles. The van der Waals surface area contributed by atoms with Gasteiger partial charge in [-0.15, -0.1) is 5.10 Å². The van der Waals surface area contributed by atoms with Crippen molar-refractivity contribution in [2.45, 2.75) is 6.61 Å². The monoisotopic (exact) mass is 449 g/mol. The maximum atomic E-state index is 12.7. The first-order valence-electron chi connectivity index (χ1n) is 10.5. The zero-order valence-corrected chi connectivity index (χ0v) is 17.9. The Morgan fingerprint density at radius 3 is 2.79 bits per heavy atom. The number of para-hydroxylation sites is 1. The molecule has 0 bridgehead atoms. The van der Waals surface area contributed by atoms with Gasteiger partial charge in [-0.1, -0.05) is 42.5 Å². The van der Waals surface area contributed by atoms with Crippen LogP contribution in [0.25, 0.3) is 28.4 Å². The fourth-order valence-electron chi connectivity index (χ4n) is 3.48. The highest BCUT2D eigenvalue weighted by atomic mass is 16.5. The summed E-state index contributed by atoms with van der Waals surface area (Å²) in [5, 5.41) is 24.7. The first-order chi connectivity index (χ1) is 16.7. The Morgan fingerprint density at radius 1 is 1.00 bits per heavy atom. The number of nitrogens with zero attached hydrogens (tertiary/aromatic N) is 4. The molecule has 0 aliphatic rings. The third-order valence-corrected chi connectivity index (χ3v) is 5.21. The number of carbonyl (C=O) groups is 1. The summed E-state index contributed by atoms with van der Waals surface area (Å²) >= 11 is 0. The molecule has 0 saturated carbocycles. The SMILES string of the molecule is O=C(/C=C/c1cccc(OCc2ccc3ccccc3n2)c1)c1cc(-c2nnn[nH]2)ccc1O. The molecule has 3 aromatic carbocycles. The maximum absolute atomic E-state index is 12.7. The number of allylic oxidation sites excluding steroid dienone is 1. The number of carbonyl (C=O) groups excluding carboxylic acids is 1. The Kier molecular flexibility index (Phi) is 5.77. The van der Waals surface area contributed by atoms with Crippen LogP contribution in [0.4, 0.5) is 0 Å². The van der Waals surface area contributed by atoms with Gasteiger partial charge in [-0.25, -0.2) is 10.1 Å². The average molecular weight is 449 g/mol. The van der Waals surface area contributed by atoms with Crippen LogP contribution in [0.2, 0.25) is 0 Å². The zero-order valence-electron chi connectivity index (χ0n) is 17.9. The fourth-order valence-corrected chi connectivity index (χ4v) is 3.48. The maximum Gasteiger partial charge on any atom is 0.189 e. The number of rotatable bonds is 7. The van der Waals surface area contributed by atoms with Gasteiger partial charge in [0.1, 0.15) is 18.1 Å². The number of phenols is 1. The quantitative estimate of drug-likeness (QED) is 0.276. The van der Waals surface area contributed by atoms with Crippen LogP contribution in [0.3, 0.4) is 0 Å². The number of aromatic amines is 1. The lowest BCUT2D eigenvalue weighted by Crippen LogP contribution is -1.98. The van der Waals surface area contributed by atoms with Crippen LogP contribution in [0.15, 0.2) is 84.9 Å². The molecular formula is C26H19N5O3. The first kappa shape index (κ1) is 21.0. The predicted octanol–water partition coefficient (Wildman–Crippen LogP) is 4.60. The molecule has 166 valence electrons. The van der Waals surface area contributed by atoms with Crippen LogP contribution in [-0.4, -0.2) is 36.5 Å². The number of ether oxygens (including phenoxy) is 1. The average Bonchev–Trinajstić information content (AvgIpc) is 3.41. The Balaban J connectivity index is 1.28. The summed E-state index contributed by atoms with van der Waals surface area (Å²) < 4.78 is 5.91. The molecule has 0 amide bonds. The van der Waals surface area contributed by atoms with E-state index in [0.29, 0.717) is 23.7 Å². The Hall–Kier alpha value is -4.85. The van der Waals surface area contributed by atoms with Crippen molar-refractivity contribution in [3.05, 3.63) is 102 Å². The van der Waals surface area contributed by atoms with Crippen molar-refractivity contribution in [3.63, 3.8) is 0 Å². The number of phenolic OH excluding ortho intramolecular Hbond substituents is 1. The van der Waals surface area contributed by atoms with Gasteiger partial charge in [-0.05, 0) is 64.5 Å². The summed E-state index contributed by atoms with van der Waals surface area (Å²) in [7, 11) is 0. The summed E-state index contributed by atoms with van der Waals surface area (Å²) in [5.74, 6) is 0.598. The molecule has 34 heavy (non-hydrogen) atoms. The van der Waals surface area contributed by atoms with E-state index in [-0.39, 0.29) is 17.1 Å². The van der Waals surface area contributed by atoms with E-state index in [1.54, 1.807) is 18.2 Å². The molecule has 5 aromatic rings. The summed E-state index contributed by atoms with van der Waals surface area (Å²) in [6, 6.07) is 23.9. The third kappa shape index (κ3) is 4.66. The third-order valence-electron chi connectivity index (χ3n) is 5.21. The van der Waals surface area contributed by atoms with Gasteiger partial charge < -0.3 is 9.84 Å². The Bertz CT molecular complexity index is 1500. The highest BCUT2D eigenvalue weighted by Gasteiger charge is 2.12. The number of ketones is 1. The van der Waals surface area contributed by atoms with E-state index in [1.807, 2.05) is 60.7 Å². The molecule has 0 unspecified atom stereocenters. The Morgan fingerprint density at radius 2 is 1.91 bits per heavy atom. The zero-order chi connectivity index (χ0) is 23.3. The number of tetrazole rings is 1. The van der Waals surface area contributed by atoms with Crippen molar-refractivity contribution in [1.29, 1.82) is 0 Å². The molecule has 0 radical (unpaired) electrons. The number of fused-ring (bicyclic) bond motifs is 1. The molecule has 2 aromatic heterocycles. The highest BCUT2D eigenvalue weighted by molar-refractivity contribution is 6.09. The van der Waals surface area contributed by atoms with Gasteiger partial charge in [-0.3, -0.25) is 4.79 Å². The lowest BCUT2D eigenvalue weighted by atomic mass is 10.0. The molecule has 0 fully saturated rings. The minimum absolute atomic E-state index is 0.120. The number of hydrogen-bond acceptors (Lipinski definition) is 7. The van der Waals surface area contributed by atoms with E-state index in [1.165, 1.54) is 12.1 Å². The molecule has 8 heteroatoms. The second-order valence-corrected chi connectivity index (χ2v) is 7.54. The van der Waals surface area contributed by atoms with E-state index < -0.39 is 0 Å². The van der Waals surface area contributed by atoms with Crippen LogP contribution in [-0.2, 0) is 6.61 Å². The standard InChI is InChI=1S/C26H19N5O3/c32-24(22-15-19(10-13-25(22)33)26-28-30-31-29-26)12-8-17-4-3-6-21(14-17)34-16-20-11-9-18-5-1-2-7-23(18)27-20/h1-15,33H,16H2,(H,28,29,30,31)/b12-8+. The van der Waals surface area contributed by atoms with E-state index in [9.17, 15) is 9.90 Å². The van der Waals surface area contributed by atoms with Gasteiger partial charge in [0.05, 0.1) is 16.8 Å². The molecular weight excluding hydrogens is 430 g/mol. The number of benzene rings is 3. The van der Waals surface area contributed by atoms with Crippen molar-refractivity contribution in [2.24, 2.45) is 0 Å². The Labute approximate surface area is 194 Å². The van der Waals surface area contributed by atoms with Crippen LogP contribution in [0, 0.1) is 0 Å². The molecule has 0 aliphatic heterocycles. The van der Waals surface area contributed by atoms with E-state index in [0.717, 1.165) is 22.2 Å².